The second-order valence-electron chi connectivity index (χ2n) is 4.08. The van der Waals surface area contributed by atoms with E-state index < -0.39 is 17.8 Å². The highest BCUT2D eigenvalue weighted by Gasteiger charge is 2.35. The summed E-state index contributed by atoms with van der Waals surface area (Å²) in [6, 6.07) is 0.724. The average molecular weight is 287 g/mol. The lowest BCUT2D eigenvalue weighted by molar-refractivity contribution is -0.141. The van der Waals surface area contributed by atoms with Gasteiger partial charge in [-0.15, -0.1) is 0 Å². The van der Waals surface area contributed by atoms with E-state index in [9.17, 15) is 18.0 Å². The van der Waals surface area contributed by atoms with E-state index in [1.54, 1.807) is 12.4 Å². The van der Waals surface area contributed by atoms with E-state index >= 15 is 0 Å². The summed E-state index contributed by atoms with van der Waals surface area (Å²) in [5.74, 6) is 0.0772. The molecular weight excluding hydrogens is 275 g/mol. The zero-order valence-corrected chi connectivity index (χ0v) is 10.5. The van der Waals surface area contributed by atoms with E-state index in [0.29, 0.717) is 12.2 Å². The van der Waals surface area contributed by atoms with E-state index in [4.69, 9.17) is 0 Å². The van der Waals surface area contributed by atoms with Crippen LogP contribution in [0.1, 0.15) is 22.0 Å². The molecule has 2 rings (SSSR count). The molecule has 0 aliphatic carbocycles. The van der Waals surface area contributed by atoms with Crippen LogP contribution in [0.4, 0.5) is 13.2 Å². The Morgan fingerprint density at radius 3 is 2.80 bits per heavy atom. The van der Waals surface area contributed by atoms with Gasteiger partial charge in [0.2, 0.25) is 0 Å². The molecule has 0 saturated heterocycles. The first kappa shape index (κ1) is 14.1. The minimum Gasteiger partial charge on any atom is -0.350 e. The topological polar surface area (TPSA) is 75.6 Å². The number of halogens is 3. The number of rotatable bonds is 4. The standard InChI is InChI=1S/C11H12F3N5O/c1-19-7(6-8(18-19)11(12,13)14)10(20)17-3-2-9-15-4-5-16-9/h4-6H,2-3H2,1H3,(H,15,16)(H,17,20). The van der Waals surface area contributed by atoms with Gasteiger partial charge in [0.15, 0.2) is 5.69 Å². The van der Waals surface area contributed by atoms with Crippen molar-refractivity contribution in [1.29, 1.82) is 0 Å². The molecule has 0 bridgehead atoms. The van der Waals surface area contributed by atoms with E-state index in [2.05, 4.69) is 20.4 Å². The molecule has 108 valence electrons. The van der Waals surface area contributed by atoms with Gasteiger partial charge in [-0.25, -0.2) is 4.98 Å². The predicted octanol–water partition coefficient (Wildman–Crippen LogP) is 1.13. The van der Waals surface area contributed by atoms with Gasteiger partial charge in [-0.05, 0) is 0 Å². The highest BCUT2D eigenvalue weighted by atomic mass is 19.4. The zero-order valence-electron chi connectivity index (χ0n) is 10.5. The van der Waals surface area contributed by atoms with Gasteiger partial charge in [0, 0.05) is 38.5 Å². The quantitative estimate of drug-likeness (QED) is 0.885. The summed E-state index contributed by atoms with van der Waals surface area (Å²) in [6.07, 6.45) is -0.880. The molecule has 2 heterocycles. The van der Waals surface area contributed by atoms with Crippen molar-refractivity contribution in [2.24, 2.45) is 7.05 Å². The van der Waals surface area contributed by atoms with Crippen LogP contribution in [0.15, 0.2) is 18.5 Å². The van der Waals surface area contributed by atoms with Crippen molar-refractivity contribution in [3.05, 3.63) is 35.7 Å². The van der Waals surface area contributed by atoms with E-state index in [1.807, 2.05) is 0 Å². The van der Waals surface area contributed by atoms with Crippen LogP contribution in [0.25, 0.3) is 0 Å². The minimum absolute atomic E-state index is 0.142. The molecule has 1 amide bonds. The number of carbonyl (C=O) groups excluding carboxylic acids is 1. The smallest absolute Gasteiger partial charge is 0.350 e. The van der Waals surface area contributed by atoms with Crippen LogP contribution in [0.3, 0.4) is 0 Å². The Labute approximate surface area is 112 Å². The third-order valence-corrected chi connectivity index (χ3v) is 2.61. The van der Waals surface area contributed by atoms with Crippen molar-refractivity contribution < 1.29 is 18.0 Å². The lowest BCUT2D eigenvalue weighted by Crippen LogP contribution is -2.27. The fourth-order valence-corrected chi connectivity index (χ4v) is 1.64. The second-order valence-corrected chi connectivity index (χ2v) is 4.08. The molecule has 2 N–H and O–H groups in total. The molecule has 2 aromatic heterocycles. The molecule has 0 spiro atoms. The van der Waals surface area contributed by atoms with Gasteiger partial charge in [-0.2, -0.15) is 18.3 Å². The summed E-state index contributed by atoms with van der Waals surface area (Å²) in [5.41, 5.74) is -1.23. The van der Waals surface area contributed by atoms with Gasteiger partial charge in [-0.1, -0.05) is 0 Å². The lowest BCUT2D eigenvalue weighted by atomic mass is 10.3. The Kier molecular flexibility index (Phi) is 3.77. The number of hydrogen-bond acceptors (Lipinski definition) is 3. The average Bonchev–Trinajstić information content (AvgIpc) is 2.97. The Balaban J connectivity index is 1.97. The Bertz CT molecular complexity index is 588. The summed E-state index contributed by atoms with van der Waals surface area (Å²) in [5, 5.41) is 5.79. The summed E-state index contributed by atoms with van der Waals surface area (Å²) >= 11 is 0. The molecule has 0 radical (unpaired) electrons. The predicted molar refractivity (Wildman–Crippen MR) is 62.8 cm³/mol. The molecular formula is C11H12F3N5O. The van der Waals surface area contributed by atoms with Crippen LogP contribution in [0.2, 0.25) is 0 Å². The molecule has 20 heavy (non-hydrogen) atoms. The number of hydrogen-bond donors (Lipinski definition) is 2. The first-order valence-electron chi connectivity index (χ1n) is 5.75. The number of alkyl halides is 3. The first-order valence-corrected chi connectivity index (χ1v) is 5.75. The molecule has 0 atom stereocenters. The molecule has 2 aromatic rings. The number of imidazole rings is 1. The Hall–Kier alpha value is -2.32. The molecule has 0 aliphatic heterocycles. The van der Waals surface area contributed by atoms with Gasteiger partial charge in [0.25, 0.3) is 5.91 Å². The van der Waals surface area contributed by atoms with Gasteiger partial charge in [0.1, 0.15) is 11.5 Å². The fourth-order valence-electron chi connectivity index (χ4n) is 1.64. The highest BCUT2D eigenvalue weighted by molar-refractivity contribution is 5.92. The molecule has 9 heteroatoms. The molecule has 0 aliphatic rings. The van der Waals surface area contributed by atoms with Crippen molar-refractivity contribution in [2.75, 3.05) is 6.54 Å². The van der Waals surface area contributed by atoms with Crippen LogP contribution >= 0.6 is 0 Å². The maximum atomic E-state index is 12.5. The van der Waals surface area contributed by atoms with Crippen molar-refractivity contribution in [1.82, 2.24) is 25.1 Å². The number of aromatic nitrogens is 4. The largest absolute Gasteiger partial charge is 0.435 e. The lowest BCUT2D eigenvalue weighted by Gasteiger charge is -2.03. The van der Waals surface area contributed by atoms with Crippen molar-refractivity contribution in [3.8, 4) is 0 Å². The van der Waals surface area contributed by atoms with Crippen molar-refractivity contribution in [3.63, 3.8) is 0 Å². The number of carbonyl (C=O) groups is 1. The van der Waals surface area contributed by atoms with Crippen LogP contribution in [0.5, 0.6) is 0 Å². The number of nitrogens with zero attached hydrogens (tertiary/aromatic N) is 3. The summed E-state index contributed by atoms with van der Waals surface area (Å²) in [6.45, 7) is 0.263. The van der Waals surface area contributed by atoms with E-state index in [1.165, 1.54) is 7.05 Å². The number of aryl methyl sites for hydroxylation is 1. The van der Waals surface area contributed by atoms with Crippen molar-refractivity contribution in [2.45, 2.75) is 12.6 Å². The third kappa shape index (κ3) is 3.16. The zero-order chi connectivity index (χ0) is 14.8. The fraction of sp³-hybridized carbons (Fsp3) is 0.364. The normalized spacial score (nSPS) is 11.6. The number of amides is 1. The molecule has 0 saturated carbocycles. The van der Waals surface area contributed by atoms with E-state index in [-0.39, 0.29) is 12.2 Å². The van der Waals surface area contributed by atoms with Crippen LogP contribution in [-0.2, 0) is 19.6 Å². The molecule has 0 aromatic carbocycles. The van der Waals surface area contributed by atoms with Crippen LogP contribution in [0, 0.1) is 0 Å². The first-order chi connectivity index (χ1) is 9.38. The Morgan fingerprint density at radius 2 is 2.25 bits per heavy atom. The highest BCUT2D eigenvalue weighted by Crippen LogP contribution is 2.28. The van der Waals surface area contributed by atoms with Crippen LogP contribution in [-0.4, -0.2) is 32.2 Å². The summed E-state index contributed by atoms with van der Waals surface area (Å²) in [7, 11) is 1.29. The number of H-pyrrole nitrogens is 1. The molecule has 0 fully saturated rings. The van der Waals surface area contributed by atoms with Gasteiger partial charge < -0.3 is 10.3 Å². The van der Waals surface area contributed by atoms with Gasteiger partial charge in [0.05, 0.1) is 0 Å². The maximum absolute atomic E-state index is 12.5. The van der Waals surface area contributed by atoms with E-state index in [0.717, 1.165) is 10.7 Å². The Morgan fingerprint density at radius 1 is 1.50 bits per heavy atom. The third-order valence-electron chi connectivity index (χ3n) is 2.61. The monoisotopic (exact) mass is 287 g/mol. The molecule has 0 unspecified atom stereocenters. The number of nitrogens with one attached hydrogen (secondary N) is 2. The van der Waals surface area contributed by atoms with Crippen LogP contribution < -0.4 is 5.32 Å². The molecule has 6 nitrogen and oxygen atoms in total. The van der Waals surface area contributed by atoms with Crippen molar-refractivity contribution >= 4 is 5.91 Å². The van der Waals surface area contributed by atoms with Gasteiger partial charge in [-0.3, -0.25) is 9.48 Å². The minimum atomic E-state index is -4.57. The van der Waals surface area contributed by atoms with Gasteiger partial charge >= 0.3 is 6.18 Å². The summed E-state index contributed by atoms with van der Waals surface area (Å²) < 4.78 is 38.3. The maximum Gasteiger partial charge on any atom is 0.435 e. The SMILES string of the molecule is Cn1nc(C(F)(F)F)cc1C(=O)NCCc1ncc[nH]1. The summed E-state index contributed by atoms with van der Waals surface area (Å²) in [4.78, 5) is 18.6. The second kappa shape index (κ2) is 5.35. The number of aromatic amines is 1.